The van der Waals surface area contributed by atoms with Gasteiger partial charge in [-0.1, -0.05) is 18.2 Å². The molecule has 6 heteroatoms. The molecule has 34 heavy (non-hydrogen) atoms. The van der Waals surface area contributed by atoms with Crippen LogP contribution in [-0.2, 0) is 16.0 Å². The van der Waals surface area contributed by atoms with Crippen LogP contribution in [0.3, 0.4) is 0 Å². The van der Waals surface area contributed by atoms with E-state index >= 15 is 0 Å². The number of hydrogen-bond donors (Lipinski definition) is 0. The predicted octanol–water partition coefficient (Wildman–Crippen LogP) is 6.36. The third-order valence-corrected chi connectivity index (χ3v) is 5.15. The Balaban J connectivity index is 1.40. The third-order valence-electron chi connectivity index (χ3n) is 5.15. The lowest BCUT2D eigenvalue weighted by Crippen LogP contribution is -2.23. The van der Waals surface area contributed by atoms with Crippen LogP contribution >= 0.6 is 0 Å². The Labute approximate surface area is 201 Å². The summed E-state index contributed by atoms with van der Waals surface area (Å²) in [5.74, 6) is 1.93. The molecule has 1 heterocycles. The van der Waals surface area contributed by atoms with Crippen molar-refractivity contribution in [3.05, 3.63) is 71.6 Å². The number of ether oxygens (including phenoxy) is 2. The molecule has 3 rings (SSSR count). The molecule has 0 aliphatic carbocycles. The van der Waals surface area contributed by atoms with E-state index in [0.717, 1.165) is 17.0 Å². The number of benzene rings is 2. The number of Topliss-reactive ketones (excluding diaryl/α,β-unsaturated/α-hetero) is 1. The number of ketones is 1. The van der Waals surface area contributed by atoms with E-state index in [4.69, 9.17) is 13.9 Å². The van der Waals surface area contributed by atoms with Crippen molar-refractivity contribution in [1.82, 2.24) is 4.98 Å². The number of rotatable bonds is 11. The average molecular weight is 464 g/mol. The molecule has 0 fully saturated rings. The van der Waals surface area contributed by atoms with Crippen LogP contribution < -0.4 is 4.74 Å². The molecule has 0 amide bonds. The Morgan fingerprint density at radius 3 is 2.29 bits per heavy atom. The lowest BCUT2D eigenvalue weighted by Gasteiger charge is -2.19. The fourth-order valence-electron chi connectivity index (χ4n) is 3.46. The van der Waals surface area contributed by atoms with Crippen molar-refractivity contribution < 1.29 is 23.5 Å². The van der Waals surface area contributed by atoms with Crippen LogP contribution in [0.15, 0.2) is 59.0 Å². The predicted molar refractivity (Wildman–Crippen MR) is 131 cm³/mol. The standard InChI is InChI=1S/C28H33NO5/c1-20-24(29-27(33-20)22-10-6-5-7-11-22)18-19-32-23-16-14-21(15-17-23)25(30)12-8-9-13-26(31)34-28(2,3)4/h5-7,10-11,14-17H,8-9,12-13,18-19H2,1-4H3. The Kier molecular flexibility index (Phi) is 8.63. The second-order valence-corrected chi connectivity index (χ2v) is 9.23. The van der Waals surface area contributed by atoms with Gasteiger partial charge in [0.05, 0.1) is 12.3 Å². The van der Waals surface area contributed by atoms with E-state index < -0.39 is 5.60 Å². The average Bonchev–Trinajstić information content (AvgIpc) is 3.17. The van der Waals surface area contributed by atoms with Gasteiger partial charge in [0, 0.05) is 30.4 Å². The number of nitrogens with zero attached hydrogens (tertiary/aromatic N) is 1. The smallest absolute Gasteiger partial charge is 0.306 e. The van der Waals surface area contributed by atoms with Crippen LogP contribution in [0.25, 0.3) is 11.5 Å². The molecule has 6 nitrogen and oxygen atoms in total. The molecule has 0 aliphatic rings. The van der Waals surface area contributed by atoms with E-state index in [9.17, 15) is 9.59 Å². The molecule has 0 unspecified atom stereocenters. The summed E-state index contributed by atoms with van der Waals surface area (Å²) in [6.07, 6.45) is 2.64. The third kappa shape index (κ3) is 7.87. The van der Waals surface area contributed by atoms with Gasteiger partial charge in [-0.05, 0) is 76.9 Å². The minimum atomic E-state index is -0.477. The van der Waals surface area contributed by atoms with E-state index in [2.05, 4.69) is 4.98 Å². The van der Waals surface area contributed by atoms with Crippen molar-refractivity contribution in [2.24, 2.45) is 0 Å². The normalized spacial score (nSPS) is 11.3. The first-order valence-electron chi connectivity index (χ1n) is 11.7. The molecule has 0 aliphatic heterocycles. The highest BCUT2D eigenvalue weighted by atomic mass is 16.6. The summed E-state index contributed by atoms with van der Waals surface area (Å²) in [6, 6.07) is 17.0. The lowest BCUT2D eigenvalue weighted by molar-refractivity contribution is -0.154. The summed E-state index contributed by atoms with van der Waals surface area (Å²) >= 11 is 0. The van der Waals surface area contributed by atoms with Gasteiger partial charge in [0.2, 0.25) is 5.89 Å². The molecule has 1 aromatic heterocycles. The highest BCUT2D eigenvalue weighted by Gasteiger charge is 2.16. The van der Waals surface area contributed by atoms with Gasteiger partial charge >= 0.3 is 5.97 Å². The summed E-state index contributed by atoms with van der Waals surface area (Å²) in [4.78, 5) is 28.7. The monoisotopic (exact) mass is 463 g/mol. The Hall–Kier alpha value is -3.41. The van der Waals surface area contributed by atoms with Crippen LogP contribution in [0.2, 0.25) is 0 Å². The van der Waals surface area contributed by atoms with Gasteiger partial charge in [-0.2, -0.15) is 0 Å². The molecule has 0 N–H and O–H groups in total. The number of hydrogen-bond acceptors (Lipinski definition) is 6. The van der Waals surface area contributed by atoms with E-state index in [-0.39, 0.29) is 11.8 Å². The van der Waals surface area contributed by atoms with E-state index in [1.807, 2.05) is 58.0 Å². The number of aryl methyl sites for hydroxylation is 1. The van der Waals surface area contributed by atoms with Crippen LogP contribution in [0, 0.1) is 6.92 Å². The van der Waals surface area contributed by atoms with Crippen molar-refractivity contribution in [2.45, 2.75) is 65.4 Å². The Morgan fingerprint density at radius 1 is 0.941 bits per heavy atom. The largest absolute Gasteiger partial charge is 0.493 e. The first kappa shape index (κ1) is 25.2. The summed E-state index contributed by atoms with van der Waals surface area (Å²) in [5.41, 5.74) is 1.99. The zero-order valence-electron chi connectivity index (χ0n) is 20.4. The van der Waals surface area contributed by atoms with E-state index in [0.29, 0.717) is 55.9 Å². The van der Waals surface area contributed by atoms with Crippen LogP contribution in [0.1, 0.15) is 68.3 Å². The quantitative estimate of drug-likeness (QED) is 0.187. The van der Waals surface area contributed by atoms with Gasteiger partial charge in [-0.15, -0.1) is 0 Å². The Morgan fingerprint density at radius 2 is 1.62 bits per heavy atom. The fraction of sp³-hybridized carbons (Fsp3) is 0.393. The maximum absolute atomic E-state index is 12.4. The summed E-state index contributed by atoms with van der Waals surface area (Å²) in [5, 5.41) is 0. The maximum atomic E-state index is 12.4. The van der Waals surface area contributed by atoms with Crippen molar-refractivity contribution in [3.63, 3.8) is 0 Å². The van der Waals surface area contributed by atoms with E-state index in [1.165, 1.54) is 0 Å². The van der Waals surface area contributed by atoms with Gasteiger partial charge in [0.25, 0.3) is 0 Å². The second kappa shape index (κ2) is 11.6. The van der Waals surface area contributed by atoms with Crippen molar-refractivity contribution >= 4 is 11.8 Å². The fourth-order valence-corrected chi connectivity index (χ4v) is 3.46. The molecule has 2 aromatic carbocycles. The van der Waals surface area contributed by atoms with Crippen LogP contribution in [-0.4, -0.2) is 28.9 Å². The molecule has 0 radical (unpaired) electrons. The van der Waals surface area contributed by atoms with Crippen molar-refractivity contribution in [2.75, 3.05) is 6.61 Å². The number of carbonyl (C=O) groups excluding carboxylic acids is 2. The van der Waals surface area contributed by atoms with Gasteiger partial charge in [0.1, 0.15) is 17.1 Å². The number of oxazole rings is 1. The van der Waals surface area contributed by atoms with Crippen molar-refractivity contribution in [1.29, 1.82) is 0 Å². The van der Waals surface area contributed by atoms with Gasteiger partial charge in [-0.3, -0.25) is 9.59 Å². The Bertz CT molecular complexity index is 1080. The molecule has 0 bridgehead atoms. The van der Waals surface area contributed by atoms with Crippen LogP contribution in [0.5, 0.6) is 5.75 Å². The minimum Gasteiger partial charge on any atom is -0.493 e. The highest BCUT2D eigenvalue weighted by molar-refractivity contribution is 5.96. The number of aromatic nitrogens is 1. The minimum absolute atomic E-state index is 0.0578. The summed E-state index contributed by atoms with van der Waals surface area (Å²) < 4.78 is 16.9. The first-order chi connectivity index (χ1) is 16.2. The van der Waals surface area contributed by atoms with Gasteiger partial charge in [0.15, 0.2) is 5.78 Å². The molecule has 0 saturated heterocycles. The molecule has 0 atom stereocenters. The lowest BCUT2D eigenvalue weighted by atomic mass is 10.0. The van der Waals surface area contributed by atoms with Gasteiger partial charge < -0.3 is 13.9 Å². The van der Waals surface area contributed by atoms with E-state index in [1.54, 1.807) is 24.3 Å². The maximum Gasteiger partial charge on any atom is 0.306 e. The highest BCUT2D eigenvalue weighted by Crippen LogP contribution is 2.22. The van der Waals surface area contributed by atoms with Crippen molar-refractivity contribution in [3.8, 4) is 17.2 Å². The number of esters is 1. The molecule has 180 valence electrons. The zero-order chi connectivity index (χ0) is 24.6. The SMILES string of the molecule is Cc1oc(-c2ccccc2)nc1CCOc1ccc(C(=O)CCCCC(=O)OC(C)(C)C)cc1. The summed E-state index contributed by atoms with van der Waals surface area (Å²) in [6.45, 7) is 7.90. The first-order valence-corrected chi connectivity index (χ1v) is 11.7. The number of carbonyl (C=O) groups is 2. The topological polar surface area (TPSA) is 78.6 Å². The van der Waals surface area contributed by atoms with Crippen LogP contribution in [0.4, 0.5) is 0 Å². The molecular formula is C28H33NO5. The molecule has 3 aromatic rings. The second-order valence-electron chi connectivity index (χ2n) is 9.23. The molecular weight excluding hydrogens is 430 g/mol. The molecule has 0 saturated carbocycles. The van der Waals surface area contributed by atoms with Gasteiger partial charge in [-0.25, -0.2) is 4.98 Å². The zero-order valence-corrected chi connectivity index (χ0v) is 20.4. The molecule has 0 spiro atoms. The summed E-state index contributed by atoms with van der Waals surface area (Å²) in [7, 11) is 0. The number of unbranched alkanes of at least 4 members (excludes halogenated alkanes) is 1.